The molecule has 0 saturated heterocycles. The summed E-state index contributed by atoms with van der Waals surface area (Å²) >= 11 is 6.01. The second kappa shape index (κ2) is 5.79. The molecule has 0 atom stereocenters. The van der Waals surface area contributed by atoms with E-state index in [1.807, 2.05) is 6.92 Å². The number of carbonyl (C=O) groups is 1. The topological polar surface area (TPSA) is 101 Å². The molecule has 0 aromatic carbocycles. The van der Waals surface area contributed by atoms with Crippen LogP contribution in [0.15, 0.2) is 0 Å². The fraction of sp³-hybridized carbons (Fsp3) is 0.500. The van der Waals surface area contributed by atoms with Crippen molar-refractivity contribution in [3.05, 3.63) is 22.2 Å². The molecule has 1 amide bonds. The van der Waals surface area contributed by atoms with Crippen molar-refractivity contribution in [3.8, 4) is 0 Å². The Morgan fingerprint density at radius 2 is 2.26 bits per heavy atom. The van der Waals surface area contributed by atoms with Crippen molar-refractivity contribution in [1.29, 1.82) is 0 Å². The second-order valence-electron chi connectivity index (χ2n) is 4.07. The van der Waals surface area contributed by atoms with Crippen LogP contribution in [-0.4, -0.2) is 42.9 Å². The number of aromatic nitrogens is 6. The van der Waals surface area contributed by atoms with Crippen LogP contribution in [-0.2, 0) is 17.8 Å². The third-order valence-corrected chi connectivity index (χ3v) is 3.19. The number of aromatic amines is 1. The molecule has 2 aromatic rings. The number of H-pyrrole nitrogens is 1. The summed E-state index contributed by atoms with van der Waals surface area (Å²) in [6, 6.07) is 0. The highest BCUT2D eigenvalue weighted by atomic mass is 35.5. The zero-order valence-corrected chi connectivity index (χ0v) is 11.4. The predicted octanol–water partition coefficient (Wildman–Crippen LogP) is 0.0253. The van der Waals surface area contributed by atoms with Gasteiger partial charge in [-0.15, -0.1) is 10.2 Å². The number of hydrogen-bond donors (Lipinski definition) is 2. The standard InChI is InChI=1S/C10H14ClN7O/c1-6-10(11)7(2)18(15-6)5-9(19)12-4-3-8-13-16-17-14-8/h3-5H2,1-2H3,(H,12,19)(H,13,14,16,17). The van der Waals surface area contributed by atoms with Crippen LogP contribution in [0.25, 0.3) is 0 Å². The van der Waals surface area contributed by atoms with Crippen LogP contribution in [0.1, 0.15) is 17.2 Å². The van der Waals surface area contributed by atoms with E-state index in [2.05, 4.69) is 31.0 Å². The molecule has 102 valence electrons. The van der Waals surface area contributed by atoms with Crippen LogP contribution in [0, 0.1) is 13.8 Å². The van der Waals surface area contributed by atoms with Gasteiger partial charge in [0, 0.05) is 13.0 Å². The van der Waals surface area contributed by atoms with E-state index < -0.39 is 0 Å². The highest BCUT2D eigenvalue weighted by molar-refractivity contribution is 6.31. The number of hydrogen-bond acceptors (Lipinski definition) is 5. The van der Waals surface area contributed by atoms with Crippen LogP contribution >= 0.6 is 11.6 Å². The summed E-state index contributed by atoms with van der Waals surface area (Å²) in [5.41, 5.74) is 1.51. The first-order chi connectivity index (χ1) is 9.08. The highest BCUT2D eigenvalue weighted by Gasteiger charge is 2.11. The lowest BCUT2D eigenvalue weighted by molar-refractivity contribution is -0.121. The average Bonchev–Trinajstić information content (AvgIpc) is 2.96. The maximum atomic E-state index is 11.7. The molecule has 0 spiro atoms. The van der Waals surface area contributed by atoms with Crippen molar-refractivity contribution in [2.24, 2.45) is 0 Å². The zero-order valence-electron chi connectivity index (χ0n) is 10.6. The number of rotatable bonds is 5. The first kappa shape index (κ1) is 13.5. The molecular formula is C10H14ClN7O. The van der Waals surface area contributed by atoms with Gasteiger partial charge in [-0.2, -0.15) is 10.3 Å². The van der Waals surface area contributed by atoms with E-state index in [9.17, 15) is 4.79 Å². The second-order valence-corrected chi connectivity index (χ2v) is 4.45. The molecule has 2 N–H and O–H groups in total. The van der Waals surface area contributed by atoms with Gasteiger partial charge in [0.2, 0.25) is 5.91 Å². The summed E-state index contributed by atoms with van der Waals surface area (Å²) in [6.45, 7) is 4.23. The quantitative estimate of drug-likeness (QED) is 0.806. The normalized spacial score (nSPS) is 10.7. The maximum absolute atomic E-state index is 11.7. The minimum absolute atomic E-state index is 0.134. The van der Waals surface area contributed by atoms with E-state index in [1.54, 1.807) is 11.6 Å². The molecule has 19 heavy (non-hydrogen) atoms. The summed E-state index contributed by atoms with van der Waals surface area (Å²) < 4.78 is 1.58. The number of amides is 1. The van der Waals surface area contributed by atoms with Gasteiger partial charge in [0.25, 0.3) is 0 Å². The van der Waals surface area contributed by atoms with Gasteiger partial charge in [-0.05, 0) is 13.8 Å². The van der Waals surface area contributed by atoms with Crippen molar-refractivity contribution in [2.75, 3.05) is 6.54 Å². The Labute approximate surface area is 114 Å². The number of carbonyl (C=O) groups excluding carboxylic acids is 1. The monoisotopic (exact) mass is 283 g/mol. The Hall–Kier alpha value is -1.96. The first-order valence-corrected chi connectivity index (χ1v) is 6.14. The summed E-state index contributed by atoms with van der Waals surface area (Å²) in [4.78, 5) is 11.7. The van der Waals surface area contributed by atoms with Gasteiger partial charge < -0.3 is 5.32 Å². The van der Waals surface area contributed by atoms with Crippen molar-refractivity contribution in [2.45, 2.75) is 26.8 Å². The molecule has 0 bridgehead atoms. The molecule has 2 heterocycles. The van der Waals surface area contributed by atoms with Crippen LogP contribution in [0.2, 0.25) is 5.02 Å². The Morgan fingerprint density at radius 3 is 2.84 bits per heavy atom. The Kier molecular flexibility index (Phi) is 4.10. The minimum atomic E-state index is -0.134. The number of halogens is 1. The van der Waals surface area contributed by atoms with E-state index >= 15 is 0 Å². The van der Waals surface area contributed by atoms with Crippen LogP contribution < -0.4 is 5.32 Å². The molecule has 0 saturated carbocycles. The van der Waals surface area contributed by atoms with Gasteiger partial charge in [-0.3, -0.25) is 9.48 Å². The molecule has 9 heteroatoms. The van der Waals surface area contributed by atoms with E-state index in [0.717, 1.165) is 11.4 Å². The molecule has 0 aliphatic carbocycles. The summed E-state index contributed by atoms with van der Waals surface area (Å²) in [6.07, 6.45) is 0.528. The molecule has 2 aromatic heterocycles. The summed E-state index contributed by atoms with van der Waals surface area (Å²) in [5.74, 6) is 0.431. The Morgan fingerprint density at radius 1 is 1.47 bits per heavy atom. The Balaban J connectivity index is 1.82. The lowest BCUT2D eigenvalue weighted by Crippen LogP contribution is -2.30. The largest absolute Gasteiger partial charge is 0.354 e. The molecular weight excluding hydrogens is 270 g/mol. The highest BCUT2D eigenvalue weighted by Crippen LogP contribution is 2.18. The van der Waals surface area contributed by atoms with E-state index in [1.165, 1.54) is 0 Å². The third-order valence-electron chi connectivity index (χ3n) is 2.65. The van der Waals surface area contributed by atoms with Crippen LogP contribution in [0.5, 0.6) is 0 Å². The van der Waals surface area contributed by atoms with Crippen LogP contribution in [0.3, 0.4) is 0 Å². The summed E-state index contributed by atoms with van der Waals surface area (Å²) in [5, 5.41) is 20.9. The average molecular weight is 284 g/mol. The van der Waals surface area contributed by atoms with Gasteiger partial charge in [0.05, 0.1) is 16.4 Å². The van der Waals surface area contributed by atoms with Gasteiger partial charge >= 0.3 is 0 Å². The first-order valence-electron chi connectivity index (χ1n) is 5.76. The smallest absolute Gasteiger partial charge is 0.241 e. The minimum Gasteiger partial charge on any atom is -0.354 e. The molecule has 0 aliphatic rings. The number of nitrogens with one attached hydrogen (secondary N) is 2. The van der Waals surface area contributed by atoms with Gasteiger partial charge in [-0.25, -0.2) is 0 Å². The van der Waals surface area contributed by atoms with E-state index in [0.29, 0.717) is 23.8 Å². The Bertz CT molecular complexity index is 563. The third kappa shape index (κ3) is 3.28. The zero-order chi connectivity index (χ0) is 13.8. The molecule has 0 fully saturated rings. The lowest BCUT2D eigenvalue weighted by Gasteiger charge is -2.05. The molecule has 8 nitrogen and oxygen atoms in total. The van der Waals surface area contributed by atoms with Crippen molar-refractivity contribution >= 4 is 17.5 Å². The summed E-state index contributed by atoms with van der Waals surface area (Å²) in [7, 11) is 0. The number of aryl methyl sites for hydroxylation is 1. The fourth-order valence-electron chi connectivity index (χ4n) is 1.62. The molecule has 2 rings (SSSR count). The predicted molar refractivity (Wildman–Crippen MR) is 67.6 cm³/mol. The maximum Gasteiger partial charge on any atom is 0.241 e. The molecule has 0 radical (unpaired) electrons. The van der Waals surface area contributed by atoms with E-state index in [-0.39, 0.29) is 12.5 Å². The van der Waals surface area contributed by atoms with Crippen molar-refractivity contribution in [1.82, 2.24) is 35.7 Å². The van der Waals surface area contributed by atoms with Crippen molar-refractivity contribution in [3.63, 3.8) is 0 Å². The molecule has 0 aliphatic heterocycles. The van der Waals surface area contributed by atoms with Crippen LogP contribution in [0.4, 0.5) is 0 Å². The molecule has 0 unspecified atom stereocenters. The number of tetrazole rings is 1. The fourth-order valence-corrected chi connectivity index (χ4v) is 1.76. The van der Waals surface area contributed by atoms with Gasteiger partial charge in [0.1, 0.15) is 6.54 Å². The SMILES string of the molecule is Cc1nn(CC(=O)NCCc2nn[nH]n2)c(C)c1Cl. The van der Waals surface area contributed by atoms with E-state index in [4.69, 9.17) is 11.6 Å². The number of nitrogens with zero attached hydrogens (tertiary/aromatic N) is 5. The van der Waals surface area contributed by atoms with Gasteiger partial charge in [0.15, 0.2) is 5.82 Å². The van der Waals surface area contributed by atoms with Gasteiger partial charge in [-0.1, -0.05) is 16.8 Å². The van der Waals surface area contributed by atoms with Crippen molar-refractivity contribution < 1.29 is 4.79 Å². The lowest BCUT2D eigenvalue weighted by atomic mass is 10.4.